The Kier molecular flexibility index (Phi) is 5.59. The van der Waals surface area contributed by atoms with Gasteiger partial charge in [0.05, 0.1) is 16.4 Å². The molecule has 5 nitrogen and oxygen atoms in total. The van der Waals surface area contributed by atoms with Crippen molar-refractivity contribution in [1.82, 2.24) is 25.1 Å². The van der Waals surface area contributed by atoms with Gasteiger partial charge in [0.25, 0.3) is 0 Å². The molecule has 34 heavy (non-hydrogen) atoms. The van der Waals surface area contributed by atoms with Gasteiger partial charge in [0.1, 0.15) is 5.69 Å². The van der Waals surface area contributed by atoms with Crippen molar-refractivity contribution in [3.63, 3.8) is 0 Å². The van der Waals surface area contributed by atoms with E-state index in [1.54, 1.807) is 11.3 Å². The van der Waals surface area contributed by atoms with Gasteiger partial charge >= 0.3 is 0 Å². The van der Waals surface area contributed by atoms with Crippen LogP contribution in [0.1, 0.15) is 29.9 Å². The lowest BCUT2D eigenvalue weighted by Gasteiger charge is -2.00. The van der Waals surface area contributed by atoms with E-state index in [0.29, 0.717) is 11.5 Å². The Morgan fingerprint density at radius 2 is 1.97 bits per heavy atom. The highest BCUT2D eigenvalue weighted by molar-refractivity contribution is 7.16. The molecule has 168 valence electrons. The monoisotopic (exact) mass is 463 g/mol. The van der Waals surface area contributed by atoms with Crippen LogP contribution in [0.3, 0.4) is 0 Å². The van der Waals surface area contributed by atoms with E-state index in [0.717, 1.165) is 49.4 Å². The normalized spacial score (nSPS) is 12.6. The maximum absolute atomic E-state index is 4.91. The molecule has 0 saturated carbocycles. The van der Waals surface area contributed by atoms with E-state index in [2.05, 4.69) is 70.6 Å². The first-order valence-electron chi connectivity index (χ1n) is 11.0. The highest BCUT2D eigenvalue weighted by atomic mass is 32.1. The summed E-state index contributed by atoms with van der Waals surface area (Å²) in [5, 5.41) is 9.26. The van der Waals surface area contributed by atoms with Crippen LogP contribution in [0.4, 0.5) is 0 Å². The van der Waals surface area contributed by atoms with Crippen LogP contribution in [0.2, 0.25) is 0 Å². The van der Waals surface area contributed by atoms with E-state index in [4.69, 9.17) is 4.98 Å². The van der Waals surface area contributed by atoms with E-state index in [-0.39, 0.29) is 0 Å². The molecule has 0 aliphatic heterocycles. The number of nitrogens with one attached hydrogen (secondary N) is 2. The second-order valence-electron chi connectivity index (χ2n) is 8.46. The zero-order valence-corrected chi connectivity index (χ0v) is 20.3. The van der Waals surface area contributed by atoms with Crippen molar-refractivity contribution in [3.05, 3.63) is 88.0 Å². The predicted octanol–water partition coefficient (Wildman–Crippen LogP) is 5.71. The molecule has 2 N–H and O–H groups in total. The van der Waals surface area contributed by atoms with Crippen molar-refractivity contribution in [3.8, 4) is 22.0 Å². The summed E-state index contributed by atoms with van der Waals surface area (Å²) in [6.07, 6.45) is 7.77. The number of para-hydroxylation sites is 1. The number of imidazole rings is 1. The number of pyridine rings is 1. The standard InChI is InChI=1S/C28H25N5S/c1-16(2)24-11-12-25(34-24)21-7-6-8-23-27(21)31-28(30-23)26-19(5)22(32-33-26)10-9-18(4)20-13-17(3)14-29-15-20/h6-15,32H,1,5H2,2-4H3,(H,30,31)/b18-9+,22-10+. The van der Waals surface area contributed by atoms with Gasteiger partial charge in [0.15, 0.2) is 5.82 Å². The third-order valence-electron chi connectivity index (χ3n) is 5.76. The van der Waals surface area contributed by atoms with Gasteiger partial charge in [0.2, 0.25) is 0 Å². The Balaban J connectivity index is 1.53. The molecule has 6 heteroatoms. The zero-order valence-electron chi connectivity index (χ0n) is 19.4. The largest absolute Gasteiger partial charge is 0.337 e. The van der Waals surface area contributed by atoms with E-state index >= 15 is 0 Å². The fraction of sp³-hybridized carbons (Fsp3) is 0.107. The van der Waals surface area contributed by atoms with Crippen LogP contribution in [-0.4, -0.2) is 25.1 Å². The highest BCUT2D eigenvalue weighted by Gasteiger charge is 2.14. The first-order chi connectivity index (χ1) is 16.4. The Bertz CT molecular complexity index is 1680. The quantitative estimate of drug-likeness (QED) is 0.351. The molecule has 0 saturated heterocycles. The number of H-pyrrole nitrogens is 2. The van der Waals surface area contributed by atoms with Gasteiger partial charge < -0.3 is 4.98 Å². The molecule has 0 bridgehead atoms. The lowest BCUT2D eigenvalue weighted by Crippen LogP contribution is -2.21. The summed E-state index contributed by atoms with van der Waals surface area (Å²) in [5.74, 6) is 0.698. The lowest BCUT2D eigenvalue weighted by atomic mass is 10.1. The second-order valence-corrected chi connectivity index (χ2v) is 9.55. The fourth-order valence-corrected chi connectivity index (χ4v) is 4.80. The molecule has 4 aromatic heterocycles. The number of aryl methyl sites for hydroxylation is 1. The van der Waals surface area contributed by atoms with Crippen LogP contribution in [0.15, 0.2) is 61.4 Å². The first kappa shape index (κ1) is 21.8. The molecule has 0 unspecified atom stereocenters. The van der Waals surface area contributed by atoms with Crippen molar-refractivity contribution in [2.24, 2.45) is 0 Å². The van der Waals surface area contributed by atoms with Crippen LogP contribution in [0.25, 0.3) is 56.8 Å². The molecule has 5 rings (SSSR count). The average molecular weight is 464 g/mol. The zero-order chi connectivity index (χ0) is 23.8. The van der Waals surface area contributed by atoms with E-state index in [1.165, 1.54) is 9.75 Å². The number of aromatic nitrogens is 5. The number of thiophene rings is 1. The van der Waals surface area contributed by atoms with Crippen molar-refractivity contribution >= 4 is 46.2 Å². The first-order valence-corrected chi connectivity index (χ1v) is 11.8. The van der Waals surface area contributed by atoms with Crippen molar-refractivity contribution in [2.45, 2.75) is 20.8 Å². The number of benzene rings is 1. The SMILES string of the molecule is C=C(C)c1ccc(-c2cccc3[nH]c(-c4n[nH]/c(=C/C=C(\C)c5cncc(C)c5)c4=C)nc23)s1. The molecule has 0 aliphatic rings. The molecule has 1 aromatic carbocycles. The molecule has 4 heterocycles. The Hall–Kier alpha value is -4.03. The summed E-state index contributed by atoms with van der Waals surface area (Å²) in [6.45, 7) is 14.5. The molecule has 0 atom stereocenters. The van der Waals surface area contributed by atoms with Gasteiger partial charge in [-0.05, 0) is 73.4 Å². The topological polar surface area (TPSA) is 70.2 Å². The van der Waals surface area contributed by atoms with Gasteiger partial charge in [-0.1, -0.05) is 31.4 Å². The molecule has 0 spiro atoms. The summed E-state index contributed by atoms with van der Waals surface area (Å²) in [7, 11) is 0. The van der Waals surface area contributed by atoms with Gasteiger partial charge in [-0.15, -0.1) is 11.3 Å². The Labute approximate surface area is 201 Å². The maximum Gasteiger partial charge on any atom is 0.159 e. The molecular formula is C28H25N5S. The smallest absolute Gasteiger partial charge is 0.159 e. The van der Waals surface area contributed by atoms with E-state index in [9.17, 15) is 0 Å². The number of hydrogen-bond donors (Lipinski definition) is 2. The van der Waals surface area contributed by atoms with E-state index < -0.39 is 0 Å². The van der Waals surface area contributed by atoms with Crippen LogP contribution in [0, 0.1) is 6.92 Å². The van der Waals surface area contributed by atoms with Crippen molar-refractivity contribution in [1.29, 1.82) is 0 Å². The summed E-state index contributed by atoms with van der Waals surface area (Å²) < 4.78 is 0. The number of rotatable bonds is 5. The van der Waals surface area contributed by atoms with Gasteiger partial charge in [0, 0.05) is 32.9 Å². The number of allylic oxidation sites excluding steroid dienone is 3. The molecule has 0 amide bonds. The summed E-state index contributed by atoms with van der Waals surface area (Å²) in [4.78, 5) is 15.0. The van der Waals surface area contributed by atoms with Crippen molar-refractivity contribution in [2.75, 3.05) is 0 Å². The van der Waals surface area contributed by atoms with Crippen LogP contribution >= 0.6 is 11.3 Å². The minimum atomic E-state index is 0.698. The molecule has 0 fully saturated rings. The Morgan fingerprint density at radius 3 is 2.74 bits per heavy atom. The van der Waals surface area contributed by atoms with Crippen LogP contribution in [-0.2, 0) is 0 Å². The number of aromatic amines is 2. The van der Waals surface area contributed by atoms with Crippen LogP contribution < -0.4 is 10.6 Å². The van der Waals surface area contributed by atoms with E-state index in [1.807, 2.05) is 44.4 Å². The minimum Gasteiger partial charge on any atom is -0.337 e. The number of fused-ring (bicyclic) bond motifs is 1. The van der Waals surface area contributed by atoms with Crippen LogP contribution in [0.5, 0.6) is 0 Å². The van der Waals surface area contributed by atoms with Gasteiger partial charge in [-0.3, -0.25) is 10.1 Å². The number of nitrogens with zero attached hydrogens (tertiary/aromatic N) is 3. The molecule has 0 aliphatic carbocycles. The highest BCUT2D eigenvalue weighted by Crippen LogP contribution is 2.35. The van der Waals surface area contributed by atoms with Gasteiger partial charge in [-0.2, -0.15) is 5.10 Å². The second kappa shape index (κ2) is 8.72. The molecule has 5 aromatic rings. The van der Waals surface area contributed by atoms with Crippen molar-refractivity contribution < 1.29 is 0 Å². The third-order valence-corrected chi connectivity index (χ3v) is 7.04. The minimum absolute atomic E-state index is 0.698. The molecule has 0 radical (unpaired) electrons. The Morgan fingerprint density at radius 1 is 1.12 bits per heavy atom. The third kappa shape index (κ3) is 4.04. The molecular weight excluding hydrogens is 438 g/mol. The maximum atomic E-state index is 4.91. The van der Waals surface area contributed by atoms with Gasteiger partial charge in [-0.25, -0.2) is 4.98 Å². The fourth-order valence-electron chi connectivity index (χ4n) is 3.84. The summed E-state index contributed by atoms with van der Waals surface area (Å²) in [5.41, 5.74) is 8.10. The summed E-state index contributed by atoms with van der Waals surface area (Å²) in [6, 6.07) is 12.5. The summed E-state index contributed by atoms with van der Waals surface area (Å²) >= 11 is 1.73. The lowest BCUT2D eigenvalue weighted by molar-refractivity contribution is 1.06. The number of hydrogen-bond acceptors (Lipinski definition) is 4. The average Bonchev–Trinajstić information content (AvgIpc) is 3.55. The predicted molar refractivity (Wildman–Crippen MR) is 144 cm³/mol.